The number of anilines is 1. The van der Waals surface area contributed by atoms with E-state index in [-0.39, 0.29) is 11.3 Å². The molecule has 1 N–H and O–H groups in total. The number of ether oxygens (including phenoxy) is 2. The van der Waals surface area contributed by atoms with Crippen molar-refractivity contribution in [2.24, 2.45) is 7.05 Å². The van der Waals surface area contributed by atoms with Crippen LogP contribution in [-0.4, -0.2) is 25.8 Å². The second-order valence-corrected chi connectivity index (χ2v) is 8.35. The maximum atomic E-state index is 12.0. The van der Waals surface area contributed by atoms with E-state index in [2.05, 4.69) is 4.72 Å². The van der Waals surface area contributed by atoms with E-state index in [9.17, 15) is 13.2 Å². The van der Waals surface area contributed by atoms with Gasteiger partial charge in [-0.3, -0.25) is 9.52 Å². The van der Waals surface area contributed by atoms with Gasteiger partial charge in [0, 0.05) is 36.1 Å². The summed E-state index contributed by atoms with van der Waals surface area (Å²) in [6, 6.07) is 15.6. The number of hydrogen-bond donors (Lipinski definition) is 1. The molecule has 0 spiro atoms. The van der Waals surface area contributed by atoms with Crippen LogP contribution in [0.1, 0.15) is 6.92 Å². The zero-order valence-electron chi connectivity index (χ0n) is 16.4. The standard InChI is InChI=1S/C21H22N2O5S/c1-4-29(25,26)22-15-10-11-19(28-16-8-6-5-7-9-16)17(12-15)18-14-23(2)21(24)13-20(18)27-3/h5-14,22H,4H2,1-3H3. The van der Waals surface area contributed by atoms with Crippen molar-refractivity contribution >= 4 is 15.7 Å². The maximum absolute atomic E-state index is 12.0. The minimum atomic E-state index is -3.45. The van der Waals surface area contributed by atoms with Gasteiger partial charge >= 0.3 is 0 Å². The lowest BCUT2D eigenvalue weighted by molar-refractivity contribution is 0.414. The van der Waals surface area contributed by atoms with Crippen LogP contribution in [0.5, 0.6) is 17.2 Å². The van der Waals surface area contributed by atoms with Crippen LogP contribution < -0.4 is 19.8 Å². The Balaban J connectivity index is 2.18. The summed E-state index contributed by atoms with van der Waals surface area (Å²) in [5.41, 5.74) is 1.34. The molecule has 2 aromatic carbocycles. The summed E-state index contributed by atoms with van der Waals surface area (Å²) in [6.45, 7) is 1.56. The average Bonchev–Trinajstić information content (AvgIpc) is 2.71. The zero-order valence-corrected chi connectivity index (χ0v) is 17.2. The minimum Gasteiger partial charge on any atom is -0.496 e. The first-order valence-electron chi connectivity index (χ1n) is 8.95. The summed E-state index contributed by atoms with van der Waals surface area (Å²) in [5, 5.41) is 0. The molecule has 0 fully saturated rings. The molecule has 3 aromatic rings. The number of methoxy groups -OCH3 is 1. The molecular weight excluding hydrogens is 392 g/mol. The van der Waals surface area contributed by atoms with Crippen molar-refractivity contribution < 1.29 is 17.9 Å². The summed E-state index contributed by atoms with van der Waals surface area (Å²) >= 11 is 0. The Morgan fingerprint density at radius 2 is 1.72 bits per heavy atom. The largest absolute Gasteiger partial charge is 0.496 e. The molecule has 7 nitrogen and oxygen atoms in total. The van der Waals surface area contributed by atoms with E-state index >= 15 is 0 Å². The third-order valence-electron chi connectivity index (χ3n) is 4.30. The van der Waals surface area contributed by atoms with Gasteiger partial charge in [0.1, 0.15) is 17.2 Å². The van der Waals surface area contributed by atoms with Crippen LogP contribution in [0.25, 0.3) is 11.1 Å². The predicted octanol–water partition coefficient (Wildman–Crippen LogP) is 3.61. The van der Waals surface area contributed by atoms with Crippen molar-refractivity contribution in [1.29, 1.82) is 0 Å². The monoisotopic (exact) mass is 414 g/mol. The fourth-order valence-electron chi connectivity index (χ4n) is 2.74. The molecule has 1 aromatic heterocycles. The predicted molar refractivity (Wildman–Crippen MR) is 113 cm³/mol. The number of sulfonamides is 1. The summed E-state index contributed by atoms with van der Waals surface area (Å²) in [7, 11) is -0.348. The maximum Gasteiger partial charge on any atom is 0.254 e. The van der Waals surface area contributed by atoms with Gasteiger partial charge in [-0.1, -0.05) is 18.2 Å². The number of rotatable bonds is 7. The Bertz CT molecular complexity index is 1170. The molecule has 0 radical (unpaired) electrons. The lowest BCUT2D eigenvalue weighted by Gasteiger charge is -2.16. The first kappa shape index (κ1) is 20.5. The van der Waals surface area contributed by atoms with Gasteiger partial charge in [-0.25, -0.2) is 8.42 Å². The molecule has 1 heterocycles. The highest BCUT2D eigenvalue weighted by atomic mass is 32.2. The zero-order chi connectivity index (χ0) is 21.0. The van der Waals surface area contributed by atoms with Crippen LogP contribution in [0, 0.1) is 0 Å². The number of aromatic nitrogens is 1. The fraction of sp³-hybridized carbons (Fsp3) is 0.190. The highest BCUT2D eigenvalue weighted by Crippen LogP contribution is 2.39. The minimum absolute atomic E-state index is 0.0479. The number of nitrogens with one attached hydrogen (secondary N) is 1. The van der Waals surface area contributed by atoms with Gasteiger partial charge in [0.15, 0.2) is 0 Å². The highest BCUT2D eigenvalue weighted by molar-refractivity contribution is 7.92. The van der Waals surface area contributed by atoms with Gasteiger partial charge in [-0.05, 0) is 37.3 Å². The van der Waals surface area contributed by atoms with Crippen molar-refractivity contribution in [2.45, 2.75) is 6.92 Å². The summed E-state index contributed by atoms with van der Waals surface area (Å²) in [4.78, 5) is 12.0. The molecule has 0 bridgehead atoms. The molecule has 0 unspecified atom stereocenters. The van der Waals surface area contributed by atoms with E-state index in [1.807, 2.05) is 30.3 Å². The van der Waals surface area contributed by atoms with E-state index in [1.165, 1.54) is 17.7 Å². The van der Waals surface area contributed by atoms with E-state index in [4.69, 9.17) is 9.47 Å². The summed E-state index contributed by atoms with van der Waals surface area (Å²) in [5.74, 6) is 1.43. The number of nitrogens with zero attached hydrogens (tertiary/aromatic N) is 1. The van der Waals surface area contributed by atoms with Gasteiger partial charge in [-0.2, -0.15) is 0 Å². The molecule has 0 amide bonds. The fourth-order valence-corrected chi connectivity index (χ4v) is 3.37. The third-order valence-corrected chi connectivity index (χ3v) is 5.61. The summed E-state index contributed by atoms with van der Waals surface area (Å²) < 4.78 is 39.4. The Labute approximate surface area is 169 Å². The second-order valence-electron chi connectivity index (χ2n) is 6.34. The number of benzene rings is 2. The van der Waals surface area contributed by atoms with Gasteiger partial charge in [0.2, 0.25) is 10.0 Å². The number of pyridine rings is 1. The molecule has 0 saturated heterocycles. The average molecular weight is 414 g/mol. The molecule has 0 saturated carbocycles. The second kappa shape index (κ2) is 8.40. The van der Waals surface area contributed by atoms with Crippen molar-refractivity contribution in [3.63, 3.8) is 0 Å². The molecule has 0 atom stereocenters. The van der Waals surface area contributed by atoms with Crippen LogP contribution in [0.2, 0.25) is 0 Å². The van der Waals surface area contributed by atoms with Gasteiger partial charge in [0.05, 0.1) is 12.9 Å². The Morgan fingerprint density at radius 3 is 2.38 bits per heavy atom. The van der Waals surface area contributed by atoms with E-state index in [0.717, 1.165) is 0 Å². The molecule has 29 heavy (non-hydrogen) atoms. The first-order chi connectivity index (χ1) is 13.8. The molecule has 3 rings (SSSR count). The topological polar surface area (TPSA) is 86.6 Å². The van der Waals surface area contributed by atoms with E-state index < -0.39 is 10.0 Å². The SMILES string of the molecule is CCS(=O)(=O)Nc1ccc(Oc2ccccc2)c(-c2cn(C)c(=O)cc2OC)c1. The number of hydrogen-bond acceptors (Lipinski definition) is 5. The first-order valence-corrected chi connectivity index (χ1v) is 10.6. The van der Waals surface area contributed by atoms with Crippen molar-refractivity contribution in [3.8, 4) is 28.4 Å². The van der Waals surface area contributed by atoms with Crippen molar-refractivity contribution in [1.82, 2.24) is 4.57 Å². The van der Waals surface area contributed by atoms with Gasteiger partial charge < -0.3 is 14.0 Å². The van der Waals surface area contributed by atoms with E-state index in [1.54, 1.807) is 38.4 Å². The molecular formula is C21H22N2O5S. The molecule has 8 heteroatoms. The lowest BCUT2D eigenvalue weighted by atomic mass is 10.0. The quantitative estimate of drug-likeness (QED) is 0.638. The van der Waals surface area contributed by atoms with Gasteiger partial charge in [0.25, 0.3) is 5.56 Å². The smallest absolute Gasteiger partial charge is 0.254 e. The molecule has 152 valence electrons. The molecule has 0 aliphatic rings. The lowest BCUT2D eigenvalue weighted by Crippen LogP contribution is -2.16. The van der Waals surface area contributed by atoms with Gasteiger partial charge in [-0.15, -0.1) is 0 Å². The number of para-hydroxylation sites is 1. The van der Waals surface area contributed by atoms with Crippen LogP contribution in [0.3, 0.4) is 0 Å². The van der Waals surface area contributed by atoms with Crippen LogP contribution in [0.4, 0.5) is 5.69 Å². The van der Waals surface area contributed by atoms with Crippen molar-refractivity contribution in [2.75, 3.05) is 17.6 Å². The normalized spacial score (nSPS) is 11.1. The molecule has 0 aliphatic carbocycles. The third kappa shape index (κ3) is 4.78. The van der Waals surface area contributed by atoms with Crippen molar-refractivity contribution in [3.05, 3.63) is 71.1 Å². The van der Waals surface area contributed by atoms with E-state index in [0.29, 0.717) is 34.1 Å². The molecule has 0 aliphatic heterocycles. The van der Waals surface area contributed by atoms with Crippen LogP contribution >= 0.6 is 0 Å². The Morgan fingerprint density at radius 1 is 1.00 bits per heavy atom. The number of aryl methyl sites for hydroxylation is 1. The highest BCUT2D eigenvalue weighted by Gasteiger charge is 2.17. The van der Waals surface area contributed by atoms with Crippen LogP contribution in [0.15, 0.2) is 65.6 Å². The Kier molecular flexibility index (Phi) is 5.93. The Hall–Kier alpha value is -3.26. The summed E-state index contributed by atoms with van der Waals surface area (Å²) in [6.07, 6.45) is 1.63. The van der Waals surface area contributed by atoms with Crippen LogP contribution in [-0.2, 0) is 17.1 Å².